The lowest BCUT2D eigenvalue weighted by Gasteiger charge is -2.13. The topological polar surface area (TPSA) is 12.5 Å². The average Bonchev–Trinajstić information content (AvgIpc) is 2.92. The largest absolute Gasteiger partial charge is 0.356 e. The summed E-state index contributed by atoms with van der Waals surface area (Å²) in [5.74, 6) is 0. The third kappa shape index (κ3) is 1.20. The van der Waals surface area contributed by atoms with E-state index in [1.54, 1.807) is 0 Å². The maximum absolute atomic E-state index is 5.77. The van der Waals surface area contributed by atoms with Crippen molar-refractivity contribution in [1.82, 2.24) is 0 Å². The highest BCUT2D eigenvalue weighted by Gasteiger charge is 2.55. The van der Waals surface area contributed by atoms with Crippen LogP contribution >= 0.6 is 0 Å². The van der Waals surface area contributed by atoms with Crippen LogP contribution in [0.3, 0.4) is 0 Å². The van der Waals surface area contributed by atoms with Crippen LogP contribution in [0.4, 0.5) is 0 Å². The van der Waals surface area contributed by atoms with Crippen LogP contribution in [-0.2, 0) is 10.3 Å². The van der Waals surface area contributed by atoms with E-state index >= 15 is 0 Å². The van der Waals surface area contributed by atoms with Gasteiger partial charge in [-0.3, -0.25) is 0 Å². The van der Waals surface area contributed by atoms with Crippen molar-refractivity contribution in [3.05, 3.63) is 47.5 Å². The van der Waals surface area contributed by atoms with Crippen molar-refractivity contribution < 1.29 is 4.74 Å². The maximum atomic E-state index is 5.77. The van der Waals surface area contributed by atoms with E-state index in [-0.39, 0.29) is 5.60 Å². The van der Waals surface area contributed by atoms with Crippen LogP contribution in [0, 0.1) is 0 Å². The zero-order valence-electron chi connectivity index (χ0n) is 8.95. The highest BCUT2D eigenvalue weighted by Crippen LogP contribution is 2.51. The van der Waals surface area contributed by atoms with Gasteiger partial charge in [0.1, 0.15) is 5.60 Å². The summed E-state index contributed by atoms with van der Waals surface area (Å²) in [4.78, 5) is 0. The van der Waals surface area contributed by atoms with Gasteiger partial charge in [0.05, 0.1) is 6.10 Å². The number of epoxide rings is 1. The molecule has 0 N–H and O–H groups in total. The van der Waals surface area contributed by atoms with E-state index in [9.17, 15) is 0 Å². The Morgan fingerprint density at radius 3 is 2.36 bits per heavy atom. The molecule has 1 nitrogen and oxygen atoms in total. The van der Waals surface area contributed by atoms with Crippen LogP contribution < -0.4 is 0 Å². The van der Waals surface area contributed by atoms with Crippen LogP contribution in [0.15, 0.2) is 42.0 Å². The van der Waals surface area contributed by atoms with Crippen LogP contribution in [0.25, 0.3) is 0 Å². The molecule has 1 aliphatic rings. The second-order valence-electron chi connectivity index (χ2n) is 3.83. The fraction of sp³-hybridized carbons (Fsp3) is 0.385. The van der Waals surface area contributed by atoms with E-state index in [0.717, 1.165) is 0 Å². The Morgan fingerprint density at radius 2 is 1.93 bits per heavy atom. The van der Waals surface area contributed by atoms with Crippen LogP contribution in [0.5, 0.6) is 0 Å². The first kappa shape index (κ1) is 9.47. The minimum Gasteiger partial charge on any atom is -0.356 e. The Bertz CT molecular complexity index is 353. The molecule has 1 aliphatic heterocycles. The van der Waals surface area contributed by atoms with Crippen molar-refractivity contribution in [3.8, 4) is 0 Å². The smallest absolute Gasteiger partial charge is 0.140 e. The molecule has 2 unspecified atom stereocenters. The summed E-state index contributed by atoms with van der Waals surface area (Å²) in [6, 6.07) is 10.4. The van der Waals surface area contributed by atoms with Crippen molar-refractivity contribution in [2.75, 3.05) is 0 Å². The Balaban J connectivity index is 2.41. The average molecular weight is 188 g/mol. The lowest BCUT2D eigenvalue weighted by atomic mass is 9.89. The first-order chi connectivity index (χ1) is 6.71. The van der Waals surface area contributed by atoms with Gasteiger partial charge in [0, 0.05) is 0 Å². The Kier molecular flexibility index (Phi) is 2.20. The van der Waals surface area contributed by atoms with Crippen molar-refractivity contribution in [2.45, 2.75) is 32.5 Å². The molecule has 1 saturated heterocycles. The van der Waals surface area contributed by atoms with Crippen LogP contribution in [0.1, 0.15) is 26.3 Å². The van der Waals surface area contributed by atoms with Gasteiger partial charge in [-0.25, -0.2) is 0 Å². The van der Waals surface area contributed by atoms with Crippen molar-refractivity contribution in [2.24, 2.45) is 0 Å². The number of hydrogen-bond donors (Lipinski definition) is 0. The fourth-order valence-electron chi connectivity index (χ4n) is 2.09. The quantitative estimate of drug-likeness (QED) is 0.512. The van der Waals surface area contributed by atoms with Gasteiger partial charge in [-0.1, -0.05) is 36.4 Å². The maximum Gasteiger partial charge on any atom is 0.140 e. The molecule has 0 spiro atoms. The van der Waals surface area contributed by atoms with Crippen molar-refractivity contribution in [1.29, 1.82) is 0 Å². The first-order valence-electron chi connectivity index (χ1n) is 5.08. The van der Waals surface area contributed by atoms with Crippen LogP contribution in [0.2, 0.25) is 0 Å². The van der Waals surface area contributed by atoms with E-state index in [1.807, 2.05) is 6.07 Å². The molecule has 1 aromatic carbocycles. The van der Waals surface area contributed by atoms with Gasteiger partial charge in [0.2, 0.25) is 0 Å². The summed E-state index contributed by atoms with van der Waals surface area (Å²) in [6.45, 7) is 6.32. The molecular weight excluding hydrogens is 172 g/mol. The van der Waals surface area contributed by atoms with Gasteiger partial charge in [0.15, 0.2) is 0 Å². The van der Waals surface area contributed by atoms with Gasteiger partial charge >= 0.3 is 0 Å². The zero-order valence-corrected chi connectivity index (χ0v) is 8.95. The number of benzene rings is 1. The van der Waals surface area contributed by atoms with Crippen molar-refractivity contribution in [3.63, 3.8) is 0 Å². The standard InChI is InChI=1S/C13H16O/c1-4-10(2)13(11(3)14-13)12-8-6-5-7-9-12/h4-9,11H,1-3H3/b10-4+. The molecule has 0 radical (unpaired) electrons. The fourth-order valence-corrected chi connectivity index (χ4v) is 2.09. The molecule has 0 aliphatic carbocycles. The summed E-state index contributed by atoms with van der Waals surface area (Å²) in [5, 5.41) is 0. The minimum absolute atomic E-state index is 0.129. The summed E-state index contributed by atoms with van der Waals surface area (Å²) in [6.07, 6.45) is 2.44. The first-order valence-corrected chi connectivity index (χ1v) is 5.08. The van der Waals surface area contributed by atoms with Crippen LogP contribution in [-0.4, -0.2) is 6.10 Å². The Morgan fingerprint density at radius 1 is 1.36 bits per heavy atom. The molecule has 0 saturated carbocycles. The van der Waals surface area contributed by atoms with E-state index in [1.165, 1.54) is 11.1 Å². The van der Waals surface area contributed by atoms with E-state index in [2.05, 4.69) is 51.1 Å². The molecule has 1 aromatic rings. The third-order valence-corrected chi connectivity index (χ3v) is 3.10. The molecule has 74 valence electrons. The molecule has 1 heteroatoms. The van der Waals surface area contributed by atoms with Gasteiger partial charge in [-0.05, 0) is 31.9 Å². The minimum atomic E-state index is -0.129. The molecule has 1 heterocycles. The zero-order chi connectivity index (χ0) is 10.2. The number of rotatable bonds is 2. The van der Waals surface area contributed by atoms with E-state index in [4.69, 9.17) is 4.74 Å². The van der Waals surface area contributed by atoms with E-state index in [0.29, 0.717) is 6.10 Å². The second kappa shape index (κ2) is 3.25. The number of allylic oxidation sites excluding steroid dienone is 1. The molecule has 1 fully saturated rings. The molecule has 14 heavy (non-hydrogen) atoms. The van der Waals surface area contributed by atoms with Gasteiger partial charge < -0.3 is 4.74 Å². The summed E-state index contributed by atoms with van der Waals surface area (Å²) >= 11 is 0. The molecule has 0 amide bonds. The molecule has 2 rings (SSSR count). The molecule has 0 bridgehead atoms. The van der Waals surface area contributed by atoms with Gasteiger partial charge in [0.25, 0.3) is 0 Å². The lowest BCUT2D eigenvalue weighted by Crippen LogP contribution is -2.13. The summed E-state index contributed by atoms with van der Waals surface area (Å²) in [5.41, 5.74) is 2.44. The third-order valence-electron chi connectivity index (χ3n) is 3.10. The summed E-state index contributed by atoms with van der Waals surface area (Å²) in [7, 11) is 0. The number of hydrogen-bond acceptors (Lipinski definition) is 1. The second-order valence-corrected chi connectivity index (χ2v) is 3.83. The summed E-state index contributed by atoms with van der Waals surface area (Å²) < 4.78 is 5.77. The predicted octanol–water partition coefficient (Wildman–Crippen LogP) is 3.27. The monoisotopic (exact) mass is 188 g/mol. The SMILES string of the molecule is C/C=C(\C)C1(c2ccccc2)OC1C. The molecule has 2 atom stereocenters. The van der Waals surface area contributed by atoms with Gasteiger partial charge in [-0.15, -0.1) is 0 Å². The lowest BCUT2D eigenvalue weighted by molar-refractivity contribution is 0.328. The van der Waals surface area contributed by atoms with Crippen molar-refractivity contribution >= 4 is 0 Å². The molecule has 0 aromatic heterocycles. The van der Waals surface area contributed by atoms with E-state index < -0.39 is 0 Å². The van der Waals surface area contributed by atoms with Gasteiger partial charge in [-0.2, -0.15) is 0 Å². The highest BCUT2D eigenvalue weighted by molar-refractivity contribution is 5.39. The molecular formula is C13H16O. The Labute approximate surface area is 85.4 Å². The predicted molar refractivity (Wildman–Crippen MR) is 58.1 cm³/mol. The normalized spacial score (nSPS) is 31.6. The Hall–Kier alpha value is -1.08. The highest BCUT2D eigenvalue weighted by atomic mass is 16.6. The number of ether oxygens (including phenoxy) is 1.